The highest BCUT2D eigenvalue weighted by Crippen LogP contribution is 2.34. The molecule has 1 heterocycles. The Morgan fingerprint density at radius 3 is 2.70 bits per heavy atom. The second kappa shape index (κ2) is 5.79. The molecule has 2 aromatic rings. The number of carboxylic acid groups (broad SMARTS) is 1. The van der Waals surface area contributed by atoms with Gasteiger partial charge in [-0.15, -0.1) is 0 Å². The third-order valence-electron chi connectivity index (χ3n) is 2.83. The van der Waals surface area contributed by atoms with Gasteiger partial charge in [0.1, 0.15) is 5.75 Å². The Balaban J connectivity index is 2.43. The average Bonchev–Trinajstić information content (AvgIpc) is 2.46. The van der Waals surface area contributed by atoms with Gasteiger partial charge in [-0.1, -0.05) is 23.7 Å². The number of carbonyl (C=O) groups is 1. The van der Waals surface area contributed by atoms with Crippen LogP contribution in [0, 0.1) is 0 Å². The molecule has 0 radical (unpaired) electrons. The van der Waals surface area contributed by atoms with Crippen LogP contribution in [0.1, 0.15) is 10.4 Å². The second-order valence-electron chi connectivity index (χ2n) is 4.07. The summed E-state index contributed by atoms with van der Waals surface area (Å²) in [5.41, 5.74) is 0.833. The SMILES string of the molecule is COc1ccccc1N(C)c1ncc(C(=O)O)cc1Cl. The number of carboxylic acids is 1. The fraction of sp³-hybridized carbons (Fsp3) is 0.143. The van der Waals surface area contributed by atoms with E-state index in [1.165, 1.54) is 12.3 Å². The number of rotatable bonds is 4. The molecule has 0 saturated carbocycles. The van der Waals surface area contributed by atoms with Crippen molar-refractivity contribution in [3.63, 3.8) is 0 Å². The maximum absolute atomic E-state index is 10.9. The van der Waals surface area contributed by atoms with E-state index >= 15 is 0 Å². The number of benzene rings is 1. The van der Waals surface area contributed by atoms with Crippen LogP contribution in [0.5, 0.6) is 5.75 Å². The molecule has 0 atom stereocenters. The molecule has 0 bridgehead atoms. The van der Waals surface area contributed by atoms with E-state index in [2.05, 4.69) is 4.98 Å². The highest BCUT2D eigenvalue weighted by Gasteiger charge is 2.15. The number of aromatic nitrogens is 1. The maximum atomic E-state index is 10.9. The molecule has 0 saturated heterocycles. The summed E-state index contributed by atoms with van der Waals surface area (Å²) in [5.74, 6) is 0.0715. The topological polar surface area (TPSA) is 62.7 Å². The van der Waals surface area contributed by atoms with Crippen molar-refractivity contribution >= 4 is 29.1 Å². The number of para-hydroxylation sites is 2. The molecule has 0 amide bonds. The van der Waals surface area contributed by atoms with E-state index < -0.39 is 5.97 Å². The van der Waals surface area contributed by atoms with Crippen LogP contribution >= 0.6 is 11.6 Å². The molecule has 0 unspecified atom stereocenters. The first kappa shape index (κ1) is 14.1. The lowest BCUT2D eigenvalue weighted by molar-refractivity contribution is 0.0696. The fourth-order valence-electron chi connectivity index (χ4n) is 1.82. The van der Waals surface area contributed by atoms with Gasteiger partial charge >= 0.3 is 5.97 Å². The van der Waals surface area contributed by atoms with E-state index in [0.29, 0.717) is 11.6 Å². The van der Waals surface area contributed by atoms with Crippen LogP contribution in [0.3, 0.4) is 0 Å². The standard InChI is InChI=1S/C14H13ClN2O3/c1-17(11-5-3-4-6-12(11)20-2)13-10(15)7-9(8-16-13)14(18)19/h3-8H,1-2H3,(H,18,19). The molecule has 104 valence electrons. The van der Waals surface area contributed by atoms with Crippen LogP contribution in [0.25, 0.3) is 0 Å². The number of nitrogens with zero attached hydrogens (tertiary/aromatic N) is 2. The smallest absolute Gasteiger partial charge is 0.337 e. The number of hydrogen-bond donors (Lipinski definition) is 1. The number of ether oxygens (including phenoxy) is 1. The minimum Gasteiger partial charge on any atom is -0.495 e. The van der Waals surface area contributed by atoms with Gasteiger partial charge in [-0.2, -0.15) is 0 Å². The number of hydrogen-bond acceptors (Lipinski definition) is 4. The predicted octanol–water partition coefficient (Wildman–Crippen LogP) is 3.21. The van der Waals surface area contributed by atoms with Crippen LogP contribution in [0.4, 0.5) is 11.5 Å². The molecule has 5 nitrogen and oxygen atoms in total. The lowest BCUT2D eigenvalue weighted by Gasteiger charge is -2.21. The first-order chi connectivity index (χ1) is 9.54. The van der Waals surface area contributed by atoms with E-state index in [0.717, 1.165) is 5.69 Å². The zero-order valence-corrected chi connectivity index (χ0v) is 11.8. The Labute approximate surface area is 121 Å². The highest BCUT2D eigenvalue weighted by atomic mass is 35.5. The number of methoxy groups -OCH3 is 1. The molecule has 6 heteroatoms. The van der Waals surface area contributed by atoms with E-state index in [1.807, 2.05) is 24.3 Å². The van der Waals surface area contributed by atoms with E-state index in [4.69, 9.17) is 21.4 Å². The summed E-state index contributed by atoms with van der Waals surface area (Å²) in [6.45, 7) is 0. The van der Waals surface area contributed by atoms with Gasteiger partial charge in [0.15, 0.2) is 5.82 Å². The predicted molar refractivity (Wildman–Crippen MR) is 77.3 cm³/mol. The van der Waals surface area contributed by atoms with Crippen molar-refractivity contribution in [2.45, 2.75) is 0 Å². The Bertz CT molecular complexity index is 646. The van der Waals surface area contributed by atoms with Gasteiger partial charge in [-0.25, -0.2) is 9.78 Å². The van der Waals surface area contributed by atoms with Crippen LogP contribution in [-0.4, -0.2) is 30.2 Å². The monoisotopic (exact) mass is 292 g/mol. The van der Waals surface area contributed by atoms with Gasteiger partial charge in [-0.05, 0) is 18.2 Å². The van der Waals surface area contributed by atoms with Crippen molar-refractivity contribution in [3.05, 3.63) is 47.1 Å². The van der Waals surface area contributed by atoms with Gasteiger partial charge in [-0.3, -0.25) is 0 Å². The summed E-state index contributed by atoms with van der Waals surface area (Å²) in [5, 5.41) is 9.17. The van der Waals surface area contributed by atoms with Gasteiger partial charge in [0.2, 0.25) is 0 Å². The molecular weight excluding hydrogens is 280 g/mol. The van der Waals surface area contributed by atoms with Crippen LogP contribution in [-0.2, 0) is 0 Å². The molecule has 1 aromatic carbocycles. The first-order valence-corrected chi connectivity index (χ1v) is 6.18. The molecule has 0 fully saturated rings. The Morgan fingerprint density at radius 2 is 2.10 bits per heavy atom. The first-order valence-electron chi connectivity index (χ1n) is 5.80. The summed E-state index contributed by atoms with van der Waals surface area (Å²) < 4.78 is 5.28. The minimum absolute atomic E-state index is 0.0483. The Morgan fingerprint density at radius 1 is 1.40 bits per heavy atom. The number of halogens is 1. The molecule has 0 aliphatic carbocycles. The second-order valence-corrected chi connectivity index (χ2v) is 4.47. The van der Waals surface area contributed by atoms with Gasteiger partial charge < -0.3 is 14.7 Å². The summed E-state index contributed by atoms with van der Waals surface area (Å²) >= 11 is 6.11. The van der Waals surface area contributed by atoms with Crippen molar-refractivity contribution in [2.75, 3.05) is 19.1 Å². The number of aromatic carboxylic acids is 1. The van der Waals surface area contributed by atoms with E-state index in [1.54, 1.807) is 19.1 Å². The van der Waals surface area contributed by atoms with Crippen LogP contribution in [0.15, 0.2) is 36.5 Å². The molecule has 0 aliphatic heterocycles. The average molecular weight is 293 g/mol. The zero-order valence-electron chi connectivity index (χ0n) is 11.0. The van der Waals surface area contributed by atoms with E-state index in [-0.39, 0.29) is 10.6 Å². The number of anilines is 2. The van der Waals surface area contributed by atoms with Crippen LogP contribution in [0.2, 0.25) is 5.02 Å². The van der Waals surface area contributed by atoms with Crippen molar-refractivity contribution < 1.29 is 14.6 Å². The summed E-state index contributed by atoms with van der Waals surface area (Å²) in [6, 6.07) is 8.79. The fourth-order valence-corrected chi connectivity index (χ4v) is 2.11. The lowest BCUT2D eigenvalue weighted by atomic mass is 10.2. The lowest BCUT2D eigenvalue weighted by Crippen LogP contribution is -2.13. The third kappa shape index (κ3) is 2.67. The summed E-state index contributed by atoms with van der Waals surface area (Å²) in [7, 11) is 3.36. The molecule has 1 N–H and O–H groups in total. The Kier molecular flexibility index (Phi) is 4.10. The van der Waals surface area contributed by atoms with Gasteiger partial charge in [0.25, 0.3) is 0 Å². The maximum Gasteiger partial charge on any atom is 0.337 e. The summed E-state index contributed by atoms with van der Waals surface area (Å²) in [4.78, 5) is 16.7. The highest BCUT2D eigenvalue weighted by molar-refractivity contribution is 6.33. The van der Waals surface area contributed by atoms with Crippen LogP contribution < -0.4 is 9.64 Å². The third-order valence-corrected chi connectivity index (χ3v) is 3.11. The van der Waals surface area contributed by atoms with E-state index in [9.17, 15) is 4.79 Å². The molecular formula is C14H13ClN2O3. The summed E-state index contributed by atoms with van der Waals surface area (Å²) in [6.07, 6.45) is 1.27. The molecule has 20 heavy (non-hydrogen) atoms. The van der Waals surface area contributed by atoms with Gasteiger partial charge in [0.05, 0.1) is 23.4 Å². The quantitative estimate of drug-likeness (QED) is 0.937. The number of pyridine rings is 1. The molecule has 0 aliphatic rings. The van der Waals surface area contributed by atoms with Crippen molar-refractivity contribution in [3.8, 4) is 5.75 Å². The zero-order chi connectivity index (χ0) is 14.7. The van der Waals surface area contributed by atoms with Crippen molar-refractivity contribution in [1.29, 1.82) is 0 Å². The Hall–Kier alpha value is -2.27. The molecule has 2 rings (SSSR count). The molecule has 0 spiro atoms. The van der Waals surface area contributed by atoms with Crippen molar-refractivity contribution in [2.24, 2.45) is 0 Å². The normalized spacial score (nSPS) is 10.2. The molecule has 1 aromatic heterocycles. The van der Waals surface area contributed by atoms with Crippen molar-refractivity contribution in [1.82, 2.24) is 4.98 Å². The minimum atomic E-state index is -1.06. The van der Waals surface area contributed by atoms with Gasteiger partial charge in [0, 0.05) is 13.2 Å². The largest absolute Gasteiger partial charge is 0.495 e.